The number of hydrogen-bond acceptors (Lipinski definition) is 5. The Kier molecular flexibility index (Phi) is 5.77. The van der Waals surface area contributed by atoms with Gasteiger partial charge in [0.1, 0.15) is 22.7 Å². The molecule has 0 spiro atoms. The van der Waals surface area contributed by atoms with Crippen LogP contribution >= 0.6 is 0 Å². The first-order valence-electron chi connectivity index (χ1n) is 11.4. The number of phenols is 1. The first kappa shape index (κ1) is 22.9. The van der Waals surface area contributed by atoms with Crippen LogP contribution in [0.4, 0.5) is 11.4 Å². The van der Waals surface area contributed by atoms with Crippen molar-refractivity contribution >= 4 is 34.2 Å². The number of nitrogens with zero attached hydrogens (tertiary/aromatic N) is 1. The summed E-state index contributed by atoms with van der Waals surface area (Å²) in [5, 5.41) is 23.5. The summed E-state index contributed by atoms with van der Waals surface area (Å²) >= 11 is 0. The fourth-order valence-corrected chi connectivity index (χ4v) is 3.92. The molecular formula is C28H24N4O4. The molecular weight excluding hydrogens is 456 g/mol. The van der Waals surface area contributed by atoms with Crippen LogP contribution in [0.25, 0.3) is 22.2 Å². The number of phenolic OH excluding ortho intramolecular Hbond substituents is 1. The molecule has 0 unspecified atom stereocenters. The standard InChI is InChI=1S/C28H24N4O4/c1-15-8-10-18(11-9-15)29-28(35)26-25(19-6-4-5-7-24(19)36-26)30-27(34)22-14-21(31-32-22)20-12-16(2)17(3)13-23(20)33/h4-14,33H,1-3H3,(H,29,35)(H,30,34)(H,31,32). The van der Waals surface area contributed by atoms with Gasteiger partial charge in [0.25, 0.3) is 11.8 Å². The van der Waals surface area contributed by atoms with E-state index in [2.05, 4.69) is 20.8 Å². The number of H-pyrrole nitrogens is 1. The Labute approximate surface area is 207 Å². The fraction of sp³-hybridized carbons (Fsp3) is 0.107. The Morgan fingerprint density at radius 1 is 0.889 bits per heavy atom. The minimum atomic E-state index is -0.506. The van der Waals surface area contributed by atoms with Gasteiger partial charge in [-0.1, -0.05) is 29.8 Å². The predicted octanol–water partition coefficient (Wildman–Crippen LogP) is 5.96. The Morgan fingerprint density at radius 3 is 2.39 bits per heavy atom. The Balaban J connectivity index is 1.45. The first-order valence-corrected chi connectivity index (χ1v) is 11.4. The van der Waals surface area contributed by atoms with E-state index >= 15 is 0 Å². The van der Waals surface area contributed by atoms with Gasteiger partial charge in [0.05, 0.1) is 5.69 Å². The number of aromatic amines is 1. The van der Waals surface area contributed by atoms with E-state index in [9.17, 15) is 14.7 Å². The van der Waals surface area contributed by atoms with Crippen molar-refractivity contribution in [3.8, 4) is 17.0 Å². The zero-order valence-electron chi connectivity index (χ0n) is 20.0. The van der Waals surface area contributed by atoms with Gasteiger partial charge in [-0.25, -0.2) is 0 Å². The van der Waals surface area contributed by atoms with Crippen molar-refractivity contribution in [2.75, 3.05) is 10.6 Å². The number of furan rings is 1. The lowest BCUT2D eigenvalue weighted by molar-refractivity contribution is 0.0999. The van der Waals surface area contributed by atoms with E-state index in [-0.39, 0.29) is 22.9 Å². The molecule has 0 saturated heterocycles. The summed E-state index contributed by atoms with van der Waals surface area (Å²) in [6.45, 7) is 5.80. The molecule has 4 N–H and O–H groups in total. The van der Waals surface area contributed by atoms with Crippen LogP contribution in [0.15, 0.2) is 71.1 Å². The van der Waals surface area contributed by atoms with Gasteiger partial charge < -0.3 is 20.2 Å². The van der Waals surface area contributed by atoms with Crippen molar-refractivity contribution in [3.63, 3.8) is 0 Å². The molecule has 8 heteroatoms. The van der Waals surface area contributed by atoms with E-state index in [0.29, 0.717) is 27.9 Å². The summed E-state index contributed by atoms with van der Waals surface area (Å²) in [6.07, 6.45) is 0. The lowest BCUT2D eigenvalue weighted by atomic mass is 10.0. The summed E-state index contributed by atoms with van der Waals surface area (Å²) in [5.74, 6) is -0.937. The molecule has 0 fully saturated rings. The van der Waals surface area contributed by atoms with Gasteiger partial charge >= 0.3 is 0 Å². The number of hydrogen-bond donors (Lipinski definition) is 4. The zero-order valence-corrected chi connectivity index (χ0v) is 20.0. The number of carbonyl (C=O) groups excluding carboxylic acids is 2. The highest BCUT2D eigenvalue weighted by atomic mass is 16.3. The van der Waals surface area contributed by atoms with Crippen molar-refractivity contribution < 1.29 is 19.1 Å². The van der Waals surface area contributed by atoms with Gasteiger partial charge in [-0.15, -0.1) is 0 Å². The largest absolute Gasteiger partial charge is 0.507 e. The van der Waals surface area contributed by atoms with Crippen LogP contribution in [0.2, 0.25) is 0 Å². The number of nitrogens with one attached hydrogen (secondary N) is 3. The second-order valence-electron chi connectivity index (χ2n) is 8.70. The van der Waals surface area contributed by atoms with Crippen LogP contribution in [0, 0.1) is 20.8 Å². The summed E-state index contributed by atoms with van der Waals surface area (Å²) < 4.78 is 5.82. The van der Waals surface area contributed by atoms with E-state index in [0.717, 1.165) is 16.7 Å². The normalized spacial score (nSPS) is 11.0. The molecule has 5 rings (SSSR count). The SMILES string of the molecule is Cc1ccc(NC(=O)c2oc3ccccc3c2NC(=O)c2cc(-c3cc(C)c(C)cc3O)n[nH]2)cc1. The molecule has 3 aromatic carbocycles. The molecule has 36 heavy (non-hydrogen) atoms. The van der Waals surface area contributed by atoms with Gasteiger partial charge in [-0.2, -0.15) is 5.10 Å². The lowest BCUT2D eigenvalue weighted by Crippen LogP contribution is -2.17. The zero-order chi connectivity index (χ0) is 25.4. The second-order valence-corrected chi connectivity index (χ2v) is 8.70. The molecule has 0 saturated carbocycles. The minimum absolute atomic E-state index is 0.0170. The maximum Gasteiger partial charge on any atom is 0.293 e. The van der Waals surface area contributed by atoms with Crippen molar-refractivity contribution in [1.29, 1.82) is 0 Å². The number of anilines is 2. The van der Waals surface area contributed by atoms with Crippen molar-refractivity contribution in [1.82, 2.24) is 10.2 Å². The fourth-order valence-electron chi connectivity index (χ4n) is 3.92. The third-order valence-electron chi connectivity index (χ3n) is 6.06. The molecule has 0 radical (unpaired) electrons. The molecule has 0 atom stereocenters. The summed E-state index contributed by atoms with van der Waals surface area (Å²) in [6, 6.07) is 19.5. The van der Waals surface area contributed by atoms with E-state index < -0.39 is 11.8 Å². The van der Waals surface area contributed by atoms with E-state index in [4.69, 9.17) is 4.42 Å². The highest BCUT2D eigenvalue weighted by Crippen LogP contribution is 2.33. The predicted molar refractivity (Wildman–Crippen MR) is 138 cm³/mol. The maximum absolute atomic E-state index is 13.2. The summed E-state index contributed by atoms with van der Waals surface area (Å²) in [5.41, 5.74) is 5.44. The molecule has 0 aliphatic rings. The number of rotatable bonds is 5. The van der Waals surface area contributed by atoms with Crippen molar-refractivity contribution in [2.24, 2.45) is 0 Å². The quantitative estimate of drug-likeness (QED) is 0.247. The maximum atomic E-state index is 13.2. The Hall–Kier alpha value is -4.85. The molecule has 2 aromatic heterocycles. The number of fused-ring (bicyclic) bond motifs is 1. The van der Waals surface area contributed by atoms with E-state index in [1.165, 1.54) is 0 Å². The minimum Gasteiger partial charge on any atom is -0.507 e. The molecule has 2 amide bonds. The Morgan fingerprint density at radius 2 is 1.61 bits per heavy atom. The van der Waals surface area contributed by atoms with Gasteiger partial charge in [0, 0.05) is 16.6 Å². The third-order valence-corrected chi connectivity index (χ3v) is 6.06. The van der Waals surface area contributed by atoms with E-state index in [1.807, 2.05) is 39.0 Å². The smallest absolute Gasteiger partial charge is 0.293 e. The van der Waals surface area contributed by atoms with Crippen LogP contribution < -0.4 is 10.6 Å². The van der Waals surface area contributed by atoms with Crippen molar-refractivity contribution in [3.05, 3.63) is 94.9 Å². The first-order chi connectivity index (χ1) is 17.3. The van der Waals surface area contributed by atoms with Crippen LogP contribution in [0.5, 0.6) is 5.75 Å². The average molecular weight is 481 g/mol. The highest BCUT2D eigenvalue weighted by Gasteiger charge is 2.24. The van der Waals surface area contributed by atoms with Crippen LogP contribution in [-0.2, 0) is 0 Å². The van der Waals surface area contributed by atoms with Crippen LogP contribution in [0.1, 0.15) is 37.7 Å². The summed E-state index contributed by atoms with van der Waals surface area (Å²) in [4.78, 5) is 26.2. The third kappa shape index (κ3) is 4.32. The summed E-state index contributed by atoms with van der Waals surface area (Å²) in [7, 11) is 0. The molecule has 0 aliphatic carbocycles. The van der Waals surface area contributed by atoms with Crippen LogP contribution in [0.3, 0.4) is 0 Å². The van der Waals surface area contributed by atoms with Crippen molar-refractivity contribution in [2.45, 2.75) is 20.8 Å². The second kappa shape index (κ2) is 9.07. The number of amides is 2. The highest BCUT2D eigenvalue weighted by molar-refractivity contribution is 6.16. The van der Waals surface area contributed by atoms with Gasteiger partial charge in [0.15, 0.2) is 0 Å². The molecule has 5 aromatic rings. The molecule has 0 aliphatic heterocycles. The molecule has 0 bridgehead atoms. The van der Waals surface area contributed by atoms with Gasteiger partial charge in [-0.3, -0.25) is 14.7 Å². The van der Waals surface area contributed by atoms with E-state index in [1.54, 1.807) is 48.5 Å². The van der Waals surface area contributed by atoms with Crippen LogP contribution in [-0.4, -0.2) is 27.1 Å². The lowest BCUT2D eigenvalue weighted by Gasteiger charge is -2.07. The molecule has 2 heterocycles. The average Bonchev–Trinajstić information content (AvgIpc) is 3.49. The van der Waals surface area contributed by atoms with Gasteiger partial charge in [-0.05, 0) is 74.4 Å². The number of aromatic hydroxyl groups is 1. The number of aromatic nitrogens is 2. The number of benzene rings is 3. The number of carbonyl (C=O) groups is 2. The molecule has 8 nitrogen and oxygen atoms in total. The van der Waals surface area contributed by atoms with Gasteiger partial charge in [0.2, 0.25) is 5.76 Å². The monoisotopic (exact) mass is 480 g/mol. The number of para-hydroxylation sites is 1. The molecule has 180 valence electrons. The number of aryl methyl sites for hydroxylation is 3. The topological polar surface area (TPSA) is 120 Å². The Bertz CT molecular complexity index is 1610.